The first kappa shape index (κ1) is 17.1. The third-order valence-corrected chi connectivity index (χ3v) is 4.24. The average Bonchev–Trinajstić information content (AvgIpc) is 2.92. The minimum atomic E-state index is -0.602. The molecule has 22 heavy (non-hydrogen) atoms. The zero-order valence-corrected chi connectivity index (χ0v) is 14.0. The van der Waals surface area contributed by atoms with Gasteiger partial charge in [0.25, 0.3) is 0 Å². The van der Waals surface area contributed by atoms with Gasteiger partial charge in [0.15, 0.2) is 5.96 Å². The minimum absolute atomic E-state index is 0.472. The third-order valence-electron chi connectivity index (χ3n) is 4.01. The fourth-order valence-corrected chi connectivity index (χ4v) is 2.99. The highest BCUT2D eigenvalue weighted by molar-refractivity contribution is 6.30. The molecule has 0 aliphatic heterocycles. The topological polar surface area (TPSA) is 56.7 Å². The molecule has 0 amide bonds. The first-order chi connectivity index (χ1) is 10.6. The Morgan fingerprint density at radius 3 is 2.77 bits per heavy atom. The highest BCUT2D eigenvalue weighted by atomic mass is 35.5. The van der Waals surface area contributed by atoms with Gasteiger partial charge >= 0.3 is 0 Å². The molecule has 1 saturated carbocycles. The molecular weight excluding hydrogens is 298 g/mol. The highest BCUT2D eigenvalue weighted by Gasteiger charge is 2.30. The van der Waals surface area contributed by atoms with E-state index in [0.29, 0.717) is 6.54 Å². The van der Waals surface area contributed by atoms with Crippen molar-refractivity contribution in [1.82, 2.24) is 10.6 Å². The van der Waals surface area contributed by atoms with Gasteiger partial charge in [-0.3, -0.25) is 4.99 Å². The van der Waals surface area contributed by atoms with Gasteiger partial charge < -0.3 is 15.7 Å². The molecule has 0 saturated heterocycles. The van der Waals surface area contributed by atoms with Crippen LogP contribution in [0.3, 0.4) is 0 Å². The van der Waals surface area contributed by atoms with Gasteiger partial charge in [-0.1, -0.05) is 36.6 Å². The summed E-state index contributed by atoms with van der Waals surface area (Å²) in [5.41, 5.74) is 0.597. The first-order valence-corrected chi connectivity index (χ1v) is 8.48. The molecule has 3 N–H and O–H groups in total. The molecule has 122 valence electrons. The van der Waals surface area contributed by atoms with Gasteiger partial charge in [-0.25, -0.2) is 0 Å². The van der Waals surface area contributed by atoms with Gasteiger partial charge in [0.1, 0.15) is 0 Å². The normalized spacial score (nSPS) is 17.5. The van der Waals surface area contributed by atoms with Gasteiger partial charge in [0, 0.05) is 18.1 Å². The van der Waals surface area contributed by atoms with Crippen LogP contribution in [0.1, 0.15) is 38.2 Å². The quantitative estimate of drug-likeness (QED) is 0.557. The third kappa shape index (κ3) is 5.50. The van der Waals surface area contributed by atoms with E-state index in [0.717, 1.165) is 56.2 Å². The lowest BCUT2D eigenvalue weighted by Crippen LogP contribution is -2.40. The Bertz CT molecular complexity index is 498. The summed E-state index contributed by atoms with van der Waals surface area (Å²) in [6.07, 6.45) is 4.81. The van der Waals surface area contributed by atoms with Crippen LogP contribution in [0, 0.1) is 0 Å². The summed E-state index contributed by atoms with van der Waals surface area (Å²) in [7, 11) is 0. The molecule has 0 atom stereocenters. The molecule has 1 aliphatic rings. The van der Waals surface area contributed by atoms with Gasteiger partial charge in [0.05, 0.1) is 12.1 Å². The maximum atomic E-state index is 10.4. The van der Waals surface area contributed by atoms with Crippen LogP contribution in [0.2, 0.25) is 5.02 Å². The summed E-state index contributed by atoms with van der Waals surface area (Å²) < 4.78 is 0. The molecule has 4 nitrogen and oxygen atoms in total. The molecule has 1 aromatic carbocycles. The number of hydrogen-bond acceptors (Lipinski definition) is 2. The molecule has 0 heterocycles. The minimum Gasteiger partial charge on any atom is -0.388 e. The van der Waals surface area contributed by atoms with Crippen LogP contribution in [-0.2, 0) is 6.42 Å². The lowest BCUT2D eigenvalue weighted by molar-refractivity contribution is 0.0574. The van der Waals surface area contributed by atoms with Crippen LogP contribution in [0.25, 0.3) is 0 Å². The Hall–Kier alpha value is -1.26. The smallest absolute Gasteiger partial charge is 0.191 e. The zero-order chi connectivity index (χ0) is 15.8. The number of aliphatic hydroxyl groups is 1. The van der Waals surface area contributed by atoms with Gasteiger partial charge in [-0.15, -0.1) is 0 Å². The van der Waals surface area contributed by atoms with E-state index in [9.17, 15) is 5.11 Å². The molecule has 0 aromatic heterocycles. The van der Waals surface area contributed by atoms with Gasteiger partial charge in [-0.2, -0.15) is 0 Å². The molecule has 1 fully saturated rings. The number of halogens is 1. The fraction of sp³-hybridized carbons (Fsp3) is 0.588. The Morgan fingerprint density at radius 1 is 1.32 bits per heavy atom. The van der Waals surface area contributed by atoms with E-state index in [2.05, 4.69) is 21.7 Å². The molecule has 1 aliphatic carbocycles. The van der Waals surface area contributed by atoms with Crippen LogP contribution < -0.4 is 10.6 Å². The van der Waals surface area contributed by atoms with Gasteiger partial charge in [0.2, 0.25) is 0 Å². The van der Waals surface area contributed by atoms with E-state index in [-0.39, 0.29) is 0 Å². The second kappa shape index (κ2) is 8.39. The van der Waals surface area contributed by atoms with E-state index in [4.69, 9.17) is 11.6 Å². The van der Waals surface area contributed by atoms with Crippen molar-refractivity contribution in [2.24, 2.45) is 4.99 Å². The fourth-order valence-electron chi connectivity index (χ4n) is 2.78. The van der Waals surface area contributed by atoms with Crippen molar-refractivity contribution < 1.29 is 5.11 Å². The lowest BCUT2D eigenvalue weighted by atomic mass is 10.0. The highest BCUT2D eigenvalue weighted by Crippen LogP contribution is 2.29. The summed E-state index contributed by atoms with van der Waals surface area (Å²) in [5.74, 6) is 0.768. The summed E-state index contributed by atoms with van der Waals surface area (Å²) in [4.78, 5) is 4.53. The molecule has 5 heteroatoms. The van der Waals surface area contributed by atoms with Crippen molar-refractivity contribution in [1.29, 1.82) is 0 Å². The summed E-state index contributed by atoms with van der Waals surface area (Å²) >= 11 is 5.99. The lowest BCUT2D eigenvalue weighted by Gasteiger charge is -2.20. The Morgan fingerprint density at radius 2 is 2.09 bits per heavy atom. The maximum Gasteiger partial charge on any atom is 0.191 e. The van der Waals surface area contributed by atoms with Crippen molar-refractivity contribution in [3.63, 3.8) is 0 Å². The maximum absolute atomic E-state index is 10.4. The molecule has 2 rings (SSSR count). The number of aliphatic imine (C=N–C) groups is 1. The first-order valence-electron chi connectivity index (χ1n) is 8.10. The average molecular weight is 324 g/mol. The number of nitrogens with zero attached hydrogens (tertiary/aromatic N) is 1. The van der Waals surface area contributed by atoms with Crippen molar-refractivity contribution in [3.05, 3.63) is 34.9 Å². The van der Waals surface area contributed by atoms with Crippen molar-refractivity contribution in [3.8, 4) is 0 Å². The predicted molar refractivity (Wildman–Crippen MR) is 92.6 cm³/mol. The molecule has 0 unspecified atom stereocenters. The molecule has 0 radical (unpaired) electrons. The number of benzene rings is 1. The second-order valence-electron chi connectivity index (χ2n) is 5.93. The summed E-state index contributed by atoms with van der Waals surface area (Å²) in [6.45, 7) is 4.10. The SMILES string of the molecule is CCNC(=NCC1(O)CCCC1)NCCc1cccc(Cl)c1. The number of guanidine groups is 1. The van der Waals surface area contributed by atoms with Crippen LogP contribution in [0.15, 0.2) is 29.3 Å². The standard InChI is InChI=1S/C17H26ClN3O/c1-2-19-16(21-13-17(22)9-3-4-10-17)20-11-8-14-6-5-7-15(18)12-14/h5-7,12,22H,2-4,8-11,13H2,1H3,(H2,19,20,21). The van der Waals surface area contributed by atoms with Crippen LogP contribution in [0.5, 0.6) is 0 Å². The van der Waals surface area contributed by atoms with Crippen LogP contribution in [0.4, 0.5) is 0 Å². The van der Waals surface area contributed by atoms with Crippen molar-refractivity contribution in [2.75, 3.05) is 19.6 Å². The van der Waals surface area contributed by atoms with Crippen molar-refractivity contribution in [2.45, 2.75) is 44.6 Å². The van der Waals surface area contributed by atoms with E-state index in [1.807, 2.05) is 25.1 Å². The van der Waals surface area contributed by atoms with E-state index in [1.165, 1.54) is 5.56 Å². The summed E-state index contributed by atoms with van der Waals surface area (Å²) in [6, 6.07) is 7.90. The monoisotopic (exact) mass is 323 g/mol. The predicted octanol–water partition coefficient (Wildman–Crippen LogP) is 2.74. The van der Waals surface area contributed by atoms with E-state index >= 15 is 0 Å². The molecule has 0 spiro atoms. The van der Waals surface area contributed by atoms with E-state index < -0.39 is 5.60 Å². The largest absolute Gasteiger partial charge is 0.388 e. The van der Waals surface area contributed by atoms with E-state index in [1.54, 1.807) is 0 Å². The Kier molecular flexibility index (Phi) is 6.52. The van der Waals surface area contributed by atoms with Crippen LogP contribution in [-0.4, -0.2) is 36.3 Å². The number of nitrogens with one attached hydrogen (secondary N) is 2. The number of rotatable bonds is 6. The Balaban J connectivity index is 1.83. The second-order valence-corrected chi connectivity index (χ2v) is 6.37. The number of hydrogen-bond donors (Lipinski definition) is 3. The zero-order valence-electron chi connectivity index (χ0n) is 13.2. The summed E-state index contributed by atoms with van der Waals surface area (Å²) in [5, 5.41) is 17.7. The molecule has 1 aromatic rings. The van der Waals surface area contributed by atoms with Crippen LogP contribution >= 0.6 is 11.6 Å². The molecule has 0 bridgehead atoms. The van der Waals surface area contributed by atoms with Crippen molar-refractivity contribution >= 4 is 17.6 Å². The molecular formula is C17H26ClN3O. The Labute approximate surface area is 138 Å². The van der Waals surface area contributed by atoms with Gasteiger partial charge in [-0.05, 0) is 43.9 Å².